The average molecular weight is 485 g/mol. The van der Waals surface area contributed by atoms with Crippen LogP contribution in [0.4, 0.5) is 0 Å². The number of benzene rings is 1. The van der Waals surface area contributed by atoms with Crippen molar-refractivity contribution in [2.75, 3.05) is 39.5 Å². The fourth-order valence-electron chi connectivity index (χ4n) is 4.66. The zero-order valence-electron chi connectivity index (χ0n) is 20.2. The number of aliphatic hydroxyl groups excluding tert-OH is 1. The number of aliphatic hydroxyl groups is 1. The van der Waals surface area contributed by atoms with Crippen LogP contribution >= 0.6 is 11.3 Å². The second-order valence-electron chi connectivity index (χ2n) is 9.37. The molecule has 6 nitrogen and oxygen atoms in total. The SMILES string of the molecule is C=CCOC[C@H](O)CN(CC(=O)N1CCc2sccc2[C@@H]1COc1ccc(C)cc1C)C1CC1. The predicted molar refractivity (Wildman–Crippen MR) is 136 cm³/mol. The molecule has 4 rings (SSSR count). The minimum Gasteiger partial charge on any atom is -0.491 e. The molecule has 2 aliphatic rings. The van der Waals surface area contributed by atoms with E-state index in [1.165, 1.54) is 16.0 Å². The third-order valence-electron chi connectivity index (χ3n) is 6.54. The normalized spacial score (nSPS) is 18.6. The van der Waals surface area contributed by atoms with Gasteiger partial charge in [-0.15, -0.1) is 17.9 Å². The largest absolute Gasteiger partial charge is 0.491 e. The molecule has 1 aliphatic heterocycles. The number of nitrogens with zero attached hydrogens (tertiary/aromatic N) is 2. The number of aryl methyl sites for hydroxylation is 2. The van der Waals surface area contributed by atoms with Crippen molar-refractivity contribution in [3.05, 3.63) is 63.9 Å². The number of carbonyl (C=O) groups is 1. The summed E-state index contributed by atoms with van der Waals surface area (Å²) in [5, 5.41) is 12.5. The lowest BCUT2D eigenvalue weighted by atomic mass is 10.00. The van der Waals surface area contributed by atoms with Crippen LogP contribution in [0.1, 0.15) is 40.5 Å². The Bertz CT molecular complexity index is 987. The number of ether oxygens (including phenoxy) is 2. The van der Waals surface area contributed by atoms with Crippen molar-refractivity contribution in [3.8, 4) is 5.75 Å². The van der Waals surface area contributed by atoms with Crippen LogP contribution in [0.5, 0.6) is 5.75 Å². The molecule has 0 unspecified atom stereocenters. The molecular formula is C27H36N2O4S. The van der Waals surface area contributed by atoms with E-state index in [2.05, 4.69) is 48.9 Å². The molecule has 34 heavy (non-hydrogen) atoms. The standard InChI is InChI=1S/C27H36N2O4S/c1-4-12-32-17-22(30)15-28(21-6-7-21)16-27(31)29-11-9-26-23(10-13-34-26)24(29)18-33-25-8-5-19(2)14-20(25)3/h4-5,8,10,13-14,21-22,24,30H,1,6-7,9,11-12,15-18H2,2-3H3/t22-,24+/m1/s1. The van der Waals surface area contributed by atoms with Gasteiger partial charge in [-0.3, -0.25) is 9.69 Å². The van der Waals surface area contributed by atoms with Crippen LogP contribution in [-0.4, -0.2) is 72.4 Å². The lowest BCUT2D eigenvalue weighted by Crippen LogP contribution is -2.48. The highest BCUT2D eigenvalue weighted by Crippen LogP contribution is 2.35. The Morgan fingerprint density at radius 1 is 1.35 bits per heavy atom. The summed E-state index contributed by atoms with van der Waals surface area (Å²) in [6, 6.07) is 8.58. The predicted octanol–water partition coefficient (Wildman–Crippen LogP) is 3.90. The third-order valence-corrected chi connectivity index (χ3v) is 7.53. The maximum Gasteiger partial charge on any atom is 0.237 e. The molecule has 0 spiro atoms. The first-order chi connectivity index (χ1) is 16.5. The van der Waals surface area contributed by atoms with Crippen LogP contribution in [0.3, 0.4) is 0 Å². The second kappa shape index (κ2) is 11.5. The van der Waals surface area contributed by atoms with Crippen molar-refractivity contribution in [1.29, 1.82) is 0 Å². The number of carbonyl (C=O) groups excluding carboxylic acids is 1. The molecule has 1 aromatic heterocycles. The van der Waals surface area contributed by atoms with Crippen LogP contribution in [0, 0.1) is 13.8 Å². The molecule has 2 heterocycles. The van der Waals surface area contributed by atoms with Gasteiger partial charge in [0.15, 0.2) is 0 Å². The zero-order valence-corrected chi connectivity index (χ0v) is 21.1. The van der Waals surface area contributed by atoms with Gasteiger partial charge in [-0.05, 0) is 61.7 Å². The Labute approximate surface area is 206 Å². The molecule has 2 aromatic rings. The summed E-state index contributed by atoms with van der Waals surface area (Å²) in [4.78, 5) is 19.0. The molecule has 0 bridgehead atoms. The third kappa shape index (κ3) is 6.27. The molecule has 0 saturated heterocycles. The monoisotopic (exact) mass is 484 g/mol. The van der Waals surface area contributed by atoms with Gasteiger partial charge in [0.1, 0.15) is 12.4 Å². The highest BCUT2D eigenvalue weighted by atomic mass is 32.1. The maximum absolute atomic E-state index is 13.6. The van der Waals surface area contributed by atoms with Gasteiger partial charge in [0.2, 0.25) is 5.91 Å². The molecule has 2 atom stereocenters. The summed E-state index contributed by atoms with van der Waals surface area (Å²) >= 11 is 1.76. The van der Waals surface area contributed by atoms with Gasteiger partial charge in [-0.1, -0.05) is 23.8 Å². The highest BCUT2D eigenvalue weighted by Gasteiger charge is 2.36. The zero-order chi connectivity index (χ0) is 24.1. The molecule has 1 saturated carbocycles. The van der Waals surface area contributed by atoms with Crippen molar-refractivity contribution < 1.29 is 19.4 Å². The summed E-state index contributed by atoms with van der Waals surface area (Å²) in [5.41, 5.74) is 3.51. The van der Waals surface area contributed by atoms with Crippen LogP contribution in [0.15, 0.2) is 42.3 Å². The highest BCUT2D eigenvalue weighted by molar-refractivity contribution is 7.10. The van der Waals surface area contributed by atoms with Crippen LogP contribution < -0.4 is 4.74 Å². The molecule has 7 heteroatoms. The van der Waals surface area contributed by atoms with E-state index in [0.29, 0.717) is 38.9 Å². The minimum absolute atomic E-state index is 0.0946. The fraction of sp³-hybridized carbons (Fsp3) is 0.519. The van der Waals surface area contributed by atoms with E-state index in [9.17, 15) is 9.90 Å². The molecule has 1 fully saturated rings. The van der Waals surface area contributed by atoms with Gasteiger partial charge in [-0.25, -0.2) is 0 Å². The summed E-state index contributed by atoms with van der Waals surface area (Å²) in [6.07, 6.45) is 4.06. The van der Waals surface area contributed by atoms with E-state index >= 15 is 0 Å². The van der Waals surface area contributed by atoms with Crippen LogP contribution in [0.2, 0.25) is 0 Å². The van der Waals surface area contributed by atoms with Gasteiger partial charge >= 0.3 is 0 Å². The van der Waals surface area contributed by atoms with Gasteiger partial charge < -0.3 is 19.5 Å². The van der Waals surface area contributed by atoms with Gasteiger partial charge in [-0.2, -0.15) is 0 Å². The first kappa shape index (κ1) is 24.9. The number of amides is 1. The van der Waals surface area contributed by atoms with E-state index in [-0.39, 0.29) is 18.6 Å². The molecular weight excluding hydrogens is 448 g/mol. The molecule has 1 amide bonds. The number of fused-ring (bicyclic) bond motifs is 1. The van der Waals surface area contributed by atoms with E-state index in [1.54, 1.807) is 17.4 Å². The Kier molecular flexibility index (Phi) is 8.42. The molecule has 0 radical (unpaired) electrons. The molecule has 1 aromatic carbocycles. The average Bonchev–Trinajstić information content (AvgIpc) is 3.54. The van der Waals surface area contributed by atoms with Gasteiger partial charge in [0.05, 0.1) is 31.9 Å². The van der Waals surface area contributed by atoms with E-state index < -0.39 is 6.10 Å². The Balaban J connectivity index is 1.43. The quantitative estimate of drug-likeness (QED) is 0.366. The lowest BCUT2D eigenvalue weighted by molar-refractivity contribution is -0.136. The smallest absolute Gasteiger partial charge is 0.237 e. The summed E-state index contributed by atoms with van der Waals surface area (Å²) in [7, 11) is 0. The second-order valence-corrected chi connectivity index (χ2v) is 10.4. The topological polar surface area (TPSA) is 62.2 Å². The first-order valence-corrected chi connectivity index (χ1v) is 13.0. The maximum atomic E-state index is 13.6. The van der Waals surface area contributed by atoms with Crippen molar-refractivity contribution in [1.82, 2.24) is 9.80 Å². The number of rotatable bonds is 12. The number of hydrogen-bond acceptors (Lipinski definition) is 6. The first-order valence-electron chi connectivity index (χ1n) is 12.1. The minimum atomic E-state index is -0.623. The molecule has 1 aliphatic carbocycles. The van der Waals surface area contributed by atoms with Gasteiger partial charge in [0.25, 0.3) is 0 Å². The Hall–Kier alpha value is -2.19. The van der Waals surface area contributed by atoms with E-state index in [0.717, 1.165) is 30.6 Å². The van der Waals surface area contributed by atoms with E-state index in [1.807, 2.05) is 11.0 Å². The lowest BCUT2D eigenvalue weighted by Gasteiger charge is -2.37. The van der Waals surface area contributed by atoms with Crippen molar-refractivity contribution in [3.63, 3.8) is 0 Å². The number of thiophene rings is 1. The van der Waals surface area contributed by atoms with Crippen molar-refractivity contribution >= 4 is 17.2 Å². The van der Waals surface area contributed by atoms with Crippen LogP contribution in [0.25, 0.3) is 0 Å². The van der Waals surface area contributed by atoms with Gasteiger partial charge in [0, 0.05) is 24.0 Å². The summed E-state index contributed by atoms with van der Waals surface area (Å²) in [5.74, 6) is 0.958. The van der Waals surface area contributed by atoms with Crippen molar-refractivity contribution in [2.45, 2.75) is 51.3 Å². The summed E-state index contributed by atoms with van der Waals surface area (Å²) in [6.45, 7) is 10.3. The van der Waals surface area contributed by atoms with Crippen molar-refractivity contribution in [2.24, 2.45) is 0 Å². The Morgan fingerprint density at radius 3 is 2.91 bits per heavy atom. The molecule has 1 N–H and O–H groups in total. The summed E-state index contributed by atoms with van der Waals surface area (Å²) < 4.78 is 11.7. The molecule has 184 valence electrons. The van der Waals surface area contributed by atoms with Crippen LogP contribution in [-0.2, 0) is 16.0 Å². The fourth-order valence-corrected chi connectivity index (χ4v) is 5.59. The number of hydrogen-bond donors (Lipinski definition) is 1. The van der Waals surface area contributed by atoms with E-state index in [4.69, 9.17) is 9.47 Å². The Morgan fingerprint density at radius 2 is 2.18 bits per heavy atom.